The zero-order valence-corrected chi connectivity index (χ0v) is 4.51. The molecule has 0 aromatic heterocycles. The molecular formula is C3H3ClF2NO. The molecule has 47 valence electrons. The molecule has 0 saturated carbocycles. The largest absolute Gasteiger partial charge is 0.340 e. The van der Waals surface area contributed by atoms with Crippen LogP contribution in [0.15, 0.2) is 0 Å². The maximum absolute atomic E-state index is 11.4. The molecule has 0 unspecified atom stereocenters. The van der Waals surface area contributed by atoms with Crippen LogP contribution in [0.25, 0.3) is 0 Å². The van der Waals surface area contributed by atoms with Crippen LogP contribution in [0.1, 0.15) is 0 Å². The Balaban J connectivity index is 3.24. The Morgan fingerprint density at radius 3 is 2.38 bits per heavy atom. The maximum atomic E-state index is 11.4. The maximum Gasteiger partial charge on any atom is 0.338 e. The summed E-state index contributed by atoms with van der Waals surface area (Å²) < 4.78 is 22.9. The van der Waals surface area contributed by atoms with Crippen molar-refractivity contribution >= 4 is 18.0 Å². The third-order valence-corrected chi connectivity index (χ3v) is 0.495. The predicted molar refractivity (Wildman–Crippen MR) is 24.5 cm³/mol. The highest BCUT2D eigenvalue weighted by molar-refractivity contribution is 6.21. The van der Waals surface area contributed by atoms with Gasteiger partial charge >= 0.3 is 11.8 Å². The summed E-state index contributed by atoms with van der Waals surface area (Å²) >= 11 is 4.34. The van der Waals surface area contributed by atoms with Gasteiger partial charge in [-0.15, -0.1) is 0 Å². The second-order valence-corrected chi connectivity index (χ2v) is 1.62. The summed E-state index contributed by atoms with van der Waals surface area (Å²) in [6.45, 7) is -0.877. The van der Waals surface area contributed by atoms with Gasteiger partial charge in [0.05, 0.1) is 6.54 Å². The van der Waals surface area contributed by atoms with E-state index in [9.17, 15) is 13.6 Å². The van der Waals surface area contributed by atoms with E-state index < -0.39 is 11.9 Å². The molecule has 0 saturated heterocycles. The van der Waals surface area contributed by atoms with Crippen LogP contribution in [0.4, 0.5) is 8.78 Å². The van der Waals surface area contributed by atoms with E-state index in [0.717, 1.165) is 6.41 Å². The first kappa shape index (κ1) is 7.62. The zero-order chi connectivity index (χ0) is 6.62. The molecule has 1 radical (unpaired) electrons. The highest BCUT2D eigenvalue weighted by Gasteiger charge is 2.23. The van der Waals surface area contributed by atoms with E-state index in [2.05, 4.69) is 11.6 Å². The van der Waals surface area contributed by atoms with Crippen LogP contribution in [-0.2, 0) is 4.79 Å². The molecule has 0 aromatic carbocycles. The van der Waals surface area contributed by atoms with Gasteiger partial charge in [-0.3, -0.25) is 4.79 Å². The number of rotatable bonds is 3. The summed E-state index contributed by atoms with van der Waals surface area (Å²) in [6.07, 6.45) is 1.06. The fraction of sp³-hybridized carbons (Fsp3) is 0.667. The number of amides is 1. The molecule has 0 aliphatic carbocycles. The SMILES string of the molecule is O=[C]NCC(F)(F)Cl. The van der Waals surface area contributed by atoms with Crippen molar-refractivity contribution in [1.29, 1.82) is 0 Å². The molecule has 0 aliphatic rings. The topological polar surface area (TPSA) is 29.1 Å². The second-order valence-electron chi connectivity index (χ2n) is 1.07. The van der Waals surface area contributed by atoms with Crippen LogP contribution in [0.2, 0.25) is 0 Å². The standard InChI is InChI=1S/C3H3ClF2NO/c4-3(5,6)1-7-2-8/h1H2,(H,7,8). The average molecular weight is 143 g/mol. The Labute approximate surface area is 49.8 Å². The Kier molecular flexibility index (Phi) is 2.68. The van der Waals surface area contributed by atoms with Gasteiger partial charge in [-0.25, -0.2) is 0 Å². The summed E-state index contributed by atoms with van der Waals surface area (Å²) in [4.78, 5) is 9.22. The molecule has 0 rings (SSSR count). The van der Waals surface area contributed by atoms with Crippen LogP contribution < -0.4 is 5.32 Å². The Morgan fingerprint density at radius 1 is 1.75 bits per heavy atom. The summed E-state index contributed by atoms with van der Waals surface area (Å²) in [7, 11) is 0. The molecule has 0 bridgehead atoms. The van der Waals surface area contributed by atoms with Crippen LogP contribution in [0.3, 0.4) is 0 Å². The number of nitrogens with one attached hydrogen (secondary N) is 1. The van der Waals surface area contributed by atoms with Gasteiger partial charge in [0, 0.05) is 0 Å². The van der Waals surface area contributed by atoms with Gasteiger partial charge in [-0.2, -0.15) is 8.78 Å². The first-order chi connectivity index (χ1) is 3.56. The fourth-order valence-corrected chi connectivity index (χ4v) is 0.203. The third kappa shape index (κ3) is 5.62. The van der Waals surface area contributed by atoms with E-state index in [-0.39, 0.29) is 0 Å². The lowest BCUT2D eigenvalue weighted by Crippen LogP contribution is -2.26. The van der Waals surface area contributed by atoms with Gasteiger partial charge in [0.25, 0.3) is 0 Å². The lowest BCUT2D eigenvalue weighted by molar-refractivity contribution is 0.101. The predicted octanol–water partition coefficient (Wildman–Crippen LogP) is 0.475. The number of hydrogen-bond acceptors (Lipinski definition) is 1. The first-order valence-electron chi connectivity index (χ1n) is 1.73. The monoisotopic (exact) mass is 142 g/mol. The Morgan fingerprint density at radius 2 is 2.25 bits per heavy atom. The minimum atomic E-state index is -3.35. The van der Waals surface area contributed by atoms with Crippen molar-refractivity contribution in [3.63, 3.8) is 0 Å². The minimum absolute atomic E-state index is 0.877. The summed E-state index contributed by atoms with van der Waals surface area (Å²) in [6, 6.07) is 0. The Hall–Kier alpha value is -0.380. The smallest absolute Gasteiger partial charge is 0.338 e. The lowest BCUT2D eigenvalue weighted by Gasteiger charge is -2.03. The summed E-state index contributed by atoms with van der Waals surface area (Å²) in [5, 5.41) is -1.75. The van der Waals surface area contributed by atoms with Crippen molar-refractivity contribution in [3.05, 3.63) is 0 Å². The molecule has 0 heterocycles. The quantitative estimate of drug-likeness (QED) is 0.451. The van der Waals surface area contributed by atoms with E-state index in [1.54, 1.807) is 5.32 Å². The summed E-state index contributed by atoms with van der Waals surface area (Å²) in [5.41, 5.74) is 0. The zero-order valence-electron chi connectivity index (χ0n) is 3.75. The van der Waals surface area contributed by atoms with Crippen LogP contribution in [0, 0.1) is 0 Å². The van der Waals surface area contributed by atoms with E-state index in [4.69, 9.17) is 0 Å². The van der Waals surface area contributed by atoms with E-state index in [1.165, 1.54) is 0 Å². The normalized spacial score (nSPS) is 10.9. The fourth-order valence-electron chi connectivity index (χ4n) is 0.136. The van der Waals surface area contributed by atoms with Crippen molar-refractivity contribution in [2.75, 3.05) is 6.54 Å². The molecule has 1 amide bonds. The molecule has 0 aliphatic heterocycles. The van der Waals surface area contributed by atoms with Gasteiger partial charge in [0.15, 0.2) is 0 Å². The number of carbonyl (C=O) groups excluding carboxylic acids is 1. The van der Waals surface area contributed by atoms with Crippen molar-refractivity contribution in [1.82, 2.24) is 5.32 Å². The van der Waals surface area contributed by atoms with Gasteiger partial charge in [0.2, 0.25) is 0 Å². The number of hydrogen-bond donors (Lipinski definition) is 1. The van der Waals surface area contributed by atoms with Crippen LogP contribution >= 0.6 is 11.6 Å². The molecule has 8 heavy (non-hydrogen) atoms. The molecule has 0 fully saturated rings. The van der Waals surface area contributed by atoms with E-state index in [1.807, 2.05) is 0 Å². The molecule has 0 spiro atoms. The summed E-state index contributed by atoms with van der Waals surface area (Å²) in [5.74, 6) is 0. The number of halogens is 3. The minimum Gasteiger partial charge on any atom is -0.340 e. The second kappa shape index (κ2) is 2.81. The molecular weight excluding hydrogens is 139 g/mol. The molecule has 2 nitrogen and oxygen atoms in total. The molecule has 1 N–H and O–H groups in total. The van der Waals surface area contributed by atoms with Crippen molar-refractivity contribution in [2.24, 2.45) is 0 Å². The van der Waals surface area contributed by atoms with Gasteiger partial charge in [0.1, 0.15) is 0 Å². The van der Waals surface area contributed by atoms with E-state index >= 15 is 0 Å². The van der Waals surface area contributed by atoms with Gasteiger partial charge in [-0.05, 0) is 11.6 Å². The highest BCUT2D eigenvalue weighted by atomic mass is 35.5. The molecule has 5 heteroatoms. The lowest BCUT2D eigenvalue weighted by atomic mass is 10.7. The van der Waals surface area contributed by atoms with Crippen molar-refractivity contribution in [2.45, 2.75) is 5.38 Å². The van der Waals surface area contributed by atoms with Gasteiger partial charge < -0.3 is 5.32 Å². The number of alkyl halides is 3. The molecule has 0 aromatic rings. The highest BCUT2D eigenvalue weighted by Crippen LogP contribution is 2.15. The van der Waals surface area contributed by atoms with E-state index in [0.29, 0.717) is 0 Å². The van der Waals surface area contributed by atoms with Crippen LogP contribution in [-0.4, -0.2) is 18.3 Å². The molecule has 0 atom stereocenters. The van der Waals surface area contributed by atoms with Crippen molar-refractivity contribution in [3.8, 4) is 0 Å². The van der Waals surface area contributed by atoms with Crippen molar-refractivity contribution < 1.29 is 13.6 Å². The Bertz CT molecular complexity index is 81.8. The third-order valence-electron chi connectivity index (χ3n) is 0.361. The first-order valence-corrected chi connectivity index (χ1v) is 2.11. The average Bonchev–Trinajstić information content (AvgIpc) is 1.59. The van der Waals surface area contributed by atoms with Crippen LogP contribution in [0.5, 0.6) is 0 Å². The van der Waals surface area contributed by atoms with Gasteiger partial charge in [-0.1, -0.05) is 0 Å².